The molecule has 0 atom stereocenters. The molecule has 0 aliphatic heterocycles. The number of benzene rings is 1. The summed E-state index contributed by atoms with van der Waals surface area (Å²) < 4.78 is 0. The first-order valence-electron chi connectivity index (χ1n) is 8.00. The third-order valence-electron chi connectivity index (χ3n) is 3.92. The largest absolute Gasteiger partial charge is 0.345 e. The van der Waals surface area contributed by atoms with Gasteiger partial charge < -0.3 is 9.80 Å². The third-order valence-corrected chi connectivity index (χ3v) is 4.89. The number of hydrogen-bond donors (Lipinski definition) is 0. The van der Waals surface area contributed by atoms with E-state index in [1.165, 1.54) is 0 Å². The van der Waals surface area contributed by atoms with Crippen molar-refractivity contribution in [2.24, 2.45) is 0 Å². The molecule has 2 amide bonds. The van der Waals surface area contributed by atoms with E-state index in [-0.39, 0.29) is 11.8 Å². The van der Waals surface area contributed by atoms with Crippen molar-refractivity contribution in [1.29, 1.82) is 0 Å². The van der Waals surface area contributed by atoms with Crippen LogP contribution in [0.3, 0.4) is 0 Å². The molecule has 0 aliphatic rings. The van der Waals surface area contributed by atoms with Crippen LogP contribution in [0, 0.1) is 13.8 Å². The van der Waals surface area contributed by atoms with E-state index in [2.05, 4.69) is 0 Å². The van der Waals surface area contributed by atoms with Gasteiger partial charge in [0.05, 0.1) is 5.56 Å². The monoisotopic (exact) mass is 344 g/mol. The zero-order valence-electron chi connectivity index (χ0n) is 14.9. The van der Waals surface area contributed by atoms with Crippen molar-refractivity contribution in [2.75, 3.05) is 20.6 Å². The summed E-state index contributed by atoms with van der Waals surface area (Å²) >= 11 is 1.65. The second-order valence-electron chi connectivity index (χ2n) is 6.04. The Morgan fingerprint density at radius 2 is 1.67 bits per heavy atom. The highest BCUT2D eigenvalue weighted by Gasteiger charge is 2.18. The number of aryl methyl sites for hydroxylation is 2. The van der Waals surface area contributed by atoms with E-state index in [0.29, 0.717) is 18.7 Å². The molecule has 0 saturated heterocycles. The number of carbonyl (C=O) groups is 2. The number of carbonyl (C=O) groups excluding carboxylic acids is 2. The highest BCUT2D eigenvalue weighted by molar-refractivity contribution is 7.12. The molecule has 1 aromatic carbocycles. The average molecular weight is 344 g/mol. The lowest BCUT2D eigenvalue weighted by Gasteiger charge is -2.21. The van der Waals surface area contributed by atoms with Crippen LogP contribution in [0.5, 0.6) is 0 Å². The minimum atomic E-state index is -0.0191. The molecule has 0 N–H and O–H groups in total. The third kappa shape index (κ3) is 4.03. The zero-order valence-corrected chi connectivity index (χ0v) is 15.7. The number of rotatable bonds is 5. The zero-order chi connectivity index (χ0) is 17.9. The molecule has 0 radical (unpaired) electrons. The Morgan fingerprint density at radius 1 is 1.04 bits per heavy atom. The van der Waals surface area contributed by atoms with E-state index in [4.69, 9.17) is 0 Å². The van der Waals surface area contributed by atoms with Gasteiger partial charge in [0.15, 0.2) is 0 Å². The topological polar surface area (TPSA) is 40.6 Å². The SMILES string of the molecule is CCN(Cc1ccc(C(=O)N(C)C)cc1)C(=O)c1cc(C)sc1C. The van der Waals surface area contributed by atoms with Crippen LogP contribution in [0.2, 0.25) is 0 Å². The molecular weight excluding hydrogens is 320 g/mol. The summed E-state index contributed by atoms with van der Waals surface area (Å²) in [4.78, 5) is 30.3. The molecule has 128 valence electrons. The lowest BCUT2D eigenvalue weighted by Crippen LogP contribution is -2.30. The number of hydrogen-bond acceptors (Lipinski definition) is 3. The Morgan fingerprint density at radius 3 is 2.12 bits per heavy atom. The van der Waals surface area contributed by atoms with Crippen LogP contribution in [0.1, 0.15) is 43.0 Å². The van der Waals surface area contributed by atoms with Gasteiger partial charge >= 0.3 is 0 Å². The molecule has 2 aromatic rings. The van der Waals surface area contributed by atoms with Crippen molar-refractivity contribution in [3.05, 3.63) is 56.8 Å². The van der Waals surface area contributed by atoms with Gasteiger partial charge in [0.1, 0.15) is 0 Å². The normalized spacial score (nSPS) is 10.5. The number of nitrogens with zero attached hydrogens (tertiary/aromatic N) is 2. The van der Waals surface area contributed by atoms with E-state index in [9.17, 15) is 9.59 Å². The van der Waals surface area contributed by atoms with Gasteiger partial charge in [-0.2, -0.15) is 0 Å². The Balaban J connectivity index is 2.14. The lowest BCUT2D eigenvalue weighted by molar-refractivity contribution is 0.0751. The maximum atomic E-state index is 12.8. The van der Waals surface area contributed by atoms with E-state index in [0.717, 1.165) is 20.9 Å². The van der Waals surface area contributed by atoms with E-state index < -0.39 is 0 Å². The van der Waals surface area contributed by atoms with Crippen LogP contribution in [0.25, 0.3) is 0 Å². The van der Waals surface area contributed by atoms with Crippen molar-refractivity contribution in [3.8, 4) is 0 Å². The maximum absolute atomic E-state index is 12.8. The first-order valence-corrected chi connectivity index (χ1v) is 8.82. The summed E-state index contributed by atoms with van der Waals surface area (Å²) in [6, 6.07) is 9.42. The molecule has 0 spiro atoms. The van der Waals surface area contributed by atoms with Crippen molar-refractivity contribution >= 4 is 23.2 Å². The van der Waals surface area contributed by atoms with Gasteiger partial charge in [0.2, 0.25) is 0 Å². The van der Waals surface area contributed by atoms with Crippen LogP contribution in [0.4, 0.5) is 0 Å². The van der Waals surface area contributed by atoms with E-state index in [1.54, 1.807) is 30.3 Å². The highest BCUT2D eigenvalue weighted by Crippen LogP contribution is 2.22. The molecule has 4 nitrogen and oxygen atoms in total. The van der Waals surface area contributed by atoms with Gasteiger partial charge in [-0.25, -0.2) is 0 Å². The molecule has 2 rings (SSSR count). The second-order valence-corrected chi connectivity index (χ2v) is 7.50. The molecule has 0 saturated carbocycles. The minimum absolute atomic E-state index is 0.0191. The van der Waals surface area contributed by atoms with Crippen molar-refractivity contribution < 1.29 is 9.59 Å². The van der Waals surface area contributed by atoms with Crippen molar-refractivity contribution in [2.45, 2.75) is 27.3 Å². The minimum Gasteiger partial charge on any atom is -0.345 e. The molecule has 0 aliphatic carbocycles. The average Bonchev–Trinajstić information content (AvgIpc) is 2.90. The second kappa shape index (κ2) is 7.62. The van der Waals surface area contributed by atoms with Crippen molar-refractivity contribution in [3.63, 3.8) is 0 Å². The Hall–Kier alpha value is -2.14. The molecule has 0 fully saturated rings. The smallest absolute Gasteiger partial charge is 0.255 e. The highest BCUT2D eigenvalue weighted by atomic mass is 32.1. The van der Waals surface area contributed by atoms with Crippen molar-refractivity contribution in [1.82, 2.24) is 9.80 Å². The molecular formula is C19H24N2O2S. The van der Waals surface area contributed by atoms with Crippen LogP contribution in [-0.2, 0) is 6.54 Å². The number of thiophene rings is 1. The van der Waals surface area contributed by atoms with Crippen LogP contribution < -0.4 is 0 Å². The quantitative estimate of drug-likeness (QED) is 0.829. The summed E-state index contributed by atoms with van der Waals surface area (Å²) in [6.45, 7) is 7.17. The maximum Gasteiger partial charge on any atom is 0.255 e. The standard InChI is InChI=1S/C19H24N2O2S/c1-6-21(19(23)17-11-13(2)24-14(17)3)12-15-7-9-16(10-8-15)18(22)20(4)5/h7-11H,6,12H2,1-5H3. The fraction of sp³-hybridized carbons (Fsp3) is 0.368. The lowest BCUT2D eigenvalue weighted by atomic mass is 10.1. The summed E-state index contributed by atoms with van der Waals surface area (Å²) in [5.41, 5.74) is 2.46. The Bertz CT molecular complexity index is 732. The molecule has 1 heterocycles. The molecule has 5 heteroatoms. The first-order chi connectivity index (χ1) is 11.3. The Kier molecular flexibility index (Phi) is 5.78. The summed E-state index contributed by atoms with van der Waals surface area (Å²) in [5.74, 6) is 0.0436. The van der Waals surface area contributed by atoms with Crippen LogP contribution >= 0.6 is 11.3 Å². The van der Waals surface area contributed by atoms with Crippen LogP contribution in [0.15, 0.2) is 30.3 Å². The molecule has 1 aromatic heterocycles. The predicted octanol–water partition coefficient (Wildman–Crippen LogP) is 3.73. The van der Waals surface area contributed by atoms with Crippen LogP contribution in [-0.4, -0.2) is 42.3 Å². The van der Waals surface area contributed by atoms with Gasteiger partial charge in [0.25, 0.3) is 11.8 Å². The summed E-state index contributed by atoms with van der Waals surface area (Å²) in [5, 5.41) is 0. The molecule has 0 bridgehead atoms. The van der Waals surface area contributed by atoms with E-state index in [1.807, 2.05) is 56.0 Å². The van der Waals surface area contributed by atoms with Gasteiger partial charge in [-0.3, -0.25) is 9.59 Å². The summed E-state index contributed by atoms with van der Waals surface area (Å²) in [6.07, 6.45) is 0. The number of amides is 2. The molecule has 24 heavy (non-hydrogen) atoms. The van der Waals surface area contributed by atoms with Gasteiger partial charge in [-0.1, -0.05) is 12.1 Å². The molecule has 0 unspecified atom stereocenters. The van der Waals surface area contributed by atoms with Gasteiger partial charge in [-0.15, -0.1) is 11.3 Å². The summed E-state index contributed by atoms with van der Waals surface area (Å²) in [7, 11) is 3.47. The predicted molar refractivity (Wildman–Crippen MR) is 98.7 cm³/mol. The van der Waals surface area contributed by atoms with Gasteiger partial charge in [0, 0.05) is 42.5 Å². The Labute approximate surface area is 147 Å². The fourth-order valence-corrected chi connectivity index (χ4v) is 3.49. The first kappa shape index (κ1) is 18.2. The fourth-order valence-electron chi connectivity index (χ4n) is 2.57. The van der Waals surface area contributed by atoms with E-state index >= 15 is 0 Å². The van der Waals surface area contributed by atoms with Gasteiger partial charge in [-0.05, 0) is 44.5 Å².